The number of hydrogen-bond donors (Lipinski definition) is 1. The molecule has 0 bridgehead atoms. The van der Waals surface area contributed by atoms with Crippen molar-refractivity contribution in [2.45, 2.75) is 32.4 Å². The zero-order valence-corrected chi connectivity index (χ0v) is 12.7. The summed E-state index contributed by atoms with van der Waals surface area (Å²) < 4.78 is 4.83. The lowest BCUT2D eigenvalue weighted by molar-refractivity contribution is -0.122. The molecule has 1 aromatic rings. The van der Waals surface area contributed by atoms with Crippen molar-refractivity contribution in [2.75, 3.05) is 12.0 Å². The summed E-state index contributed by atoms with van der Waals surface area (Å²) >= 11 is 0. The normalized spacial score (nSPS) is 17.1. The molecule has 112 valence electrons. The van der Waals surface area contributed by atoms with E-state index >= 15 is 0 Å². The fraction of sp³-hybridized carbons (Fsp3) is 0.375. The van der Waals surface area contributed by atoms with E-state index in [2.05, 4.69) is 5.32 Å². The number of nitrogens with one attached hydrogen (secondary N) is 1. The molecule has 0 fully saturated rings. The van der Waals surface area contributed by atoms with E-state index in [1.54, 1.807) is 12.1 Å². The maximum absolute atomic E-state index is 12.4. The van der Waals surface area contributed by atoms with Gasteiger partial charge in [-0.05, 0) is 32.4 Å². The summed E-state index contributed by atoms with van der Waals surface area (Å²) in [5.41, 5.74) is 1.17. The van der Waals surface area contributed by atoms with Gasteiger partial charge in [0.25, 0.3) is 0 Å². The first kappa shape index (κ1) is 15.1. The number of anilines is 1. The standard InChI is InChI=1S/C16H20N2O3/c1-16(2,3)17-14(19)13-10-9-11-7-5-6-8-12(11)18(13)15(20)21-4/h5-10,13H,1-4H3,(H,17,19). The Kier molecular flexibility index (Phi) is 4.02. The SMILES string of the molecule is COC(=O)N1c2ccccc2C=CC1C(=O)NC(C)(C)C. The Labute approximate surface area is 124 Å². The summed E-state index contributed by atoms with van der Waals surface area (Å²) in [5.74, 6) is -0.237. The smallest absolute Gasteiger partial charge is 0.415 e. The third-order valence-electron chi connectivity index (χ3n) is 3.07. The van der Waals surface area contributed by atoms with Gasteiger partial charge in [-0.1, -0.05) is 30.4 Å². The number of para-hydroxylation sites is 1. The number of rotatable bonds is 1. The maximum Gasteiger partial charge on any atom is 0.415 e. The van der Waals surface area contributed by atoms with Crippen molar-refractivity contribution in [3.8, 4) is 0 Å². The molecule has 0 radical (unpaired) electrons. The van der Waals surface area contributed by atoms with Crippen molar-refractivity contribution in [1.29, 1.82) is 0 Å². The van der Waals surface area contributed by atoms with Crippen LogP contribution in [-0.2, 0) is 9.53 Å². The average molecular weight is 288 g/mol. The molecule has 5 nitrogen and oxygen atoms in total. The van der Waals surface area contributed by atoms with Crippen LogP contribution in [0.1, 0.15) is 26.3 Å². The van der Waals surface area contributed by atoms with Crippen LogP contribution in [0.5, 0.6) is 0 Å². The van der Waals surface area contributed by atoms with E-state index in [1.807, 2.05) is 45.0 Å². The van der Waals surface area contributed by atoms with Gasteiger partial charge in [0, 0.05) is 5.54 Å². The van der Waals surface area contributed by atoms with Crippen molar-refractivity contribution in [1.82, 2.24) is 5.32 Å². The first-order chi connectivity index (χ1) is 9.83. The van der Waals surface area contributed by atoms with Crippen molar-refractivity contribution in [2.24, 2.45) is 0 Å². The van der Waals surface area contributed by atoms with Crippen LogP contribution in [0.4, 0.5) is 10.5 Å². The minimum Gasteiger partial charge on any atom is -0.452 e. The van der Waals surface area contributed by atoms with Crippen LogP contribution in [-0.4, -0.2) is 30.7 Å². The lowest BCUT2D eigenvalue weighted by Crippen LogP contribution is -2.54. The highest BCUT2D eigenvalue weighted by atomic mass is 16.5. The molecule has 0 aliphatic carbocycles. The fourth-order valence-electron chi connectivity index (χ4n) is 2.24. The zero-order chi connectivity index (χ0) is 15.6. The van der Waals surface area contributed by atoms with Gasteiger partial charge in [0.05, 0.1) is 12.8 Å². The second-order valence-electron chi connectivity index (χ2n) is 5.94. The number of fused-ring (bicyclic) bond motifs is 1. The van der Waals surface area contributed by atoms with Crippen LogP contribution in [0.2, 0.25) is 0 Å². The largest absolute Gasteiger partial charge is 0.452 e. The zero-order valence-electron chi connectivity index (χ0n) is 12.7. The maximum atomic E-state index is 12.4. The second-order valence-corrected chi connectivity index (χ2v) is 5.94. The predicted molar refractivity (Wildman–Crippen MR) is 82.0 cm³/mol. The Hall–Kier alpha value is -2.30. The minimum atomic E-state index is -0.716. The molecule has 1 aromatic carbocycles. The van der Waals surface area contributed by atoms with Gasteiger partial charge in [0.15, 0.2) is 0 Å². The summed E-state index contributed by atoms with van der Waals surface area (Å²) in [6, 6.07) is 6.68. The monoisotopic (exact) mass is 288 g/mol. The molecule has 5 heteroatoms. The second kappa shape index (κ2) is 5.60. The summed E-state index contributed by atoms with van der Waals surface area (Å²) in [7, 11) is 1.31. The van der Waals surface area contributed by atoms with Crippen LogP contribution in [0.3, 0.4) is 0 Å². The summed E-state index contributed by atoms with van der Waals surface area (Å²) in [5, 5.41) is 2.89. The summed E-state index contributed by atoms with van der Waals surface area (Å²) in [4.78, 5) is 25.9. The molecule has 2 amide bonds. The number of nitrogens with zero attached hydrogens (tertiary/aromatic N) is 1. The van der Waals surface area contributed by atoms with Crippen molar-refractivity contribution in [3.63, 3.8) is 0 Å². The number of carbonyl (C=O) groups is 2. The van der Waals surface area contributed by atoms with Crippen molar-refractivity contribution >= 4 is 23.8 Å². The highest BCUT2D eigenvalue weighted by Crippen LogP contribution is 2.29. The molecule has 1 unspecified atom stereocenters. The van der Waals surface area contributed by atoms with Crippen LogP contribution in [0.25, 0.3) is 6.08 Å². The highest BCUT2D eigenvalue weighted by Gasteiger charge is 2.34. The molecule has 1 aliphatic heterocycles. The highest BCUT2D eigenvalue weighted by molar-refractivity contribution is 6.02. The molecule has 1 atom stereocenters. The molecule has 0 spiro atoms. The van der Waals surface area contributed by atoms with E-state index in [1.165, 1.54) is 12.0 Å². The third-order valence-corrected chi connectivity index (χ3v) is 3.07. The predicted octanol–water partition coefficient (Wildman–Crippen LogP) is 2.57. The molecular weight excluding hydrogens is 268 g/mol. The van der Waals surface area contributed by atoms with Gasteiger partial charge in [-0.15, -0.1) is 0 Å². The van der Waals surface area contributed by atoms with Gasteiger partial charge in [0.2, 0.25) is 5.91 Å². The van der Waals surface area contributed by atoms with Crippen LogP contribution in [0.15, 0.2) is 30.3 Å². The van der Waals surface area contributed by atoms with Gasteiger partial charge >= 0.3 is 6.09 Å². The first-order valence-electron chi connectivity index (χ1n) is 6.80. The van der Waals surface area contributed by atoms with E-state index in [0.29, 0.717) is 5.69 Å². The first-order valence-corrected chi connectivity index (χ1v) is 6.80. The van der Waals surface area contributed by atoms with E-state index in [-0.39, 0.29) is 11.4 Å². The van der Waals surface area contributed by atoms with E-state index in [4.69, 9.17) is 4.74 Å². The Morgan fingerprint density at radius 1 is 1.24 bits per heavy atom. The van der Waals surface area contributed by atoms with E-state index in [0.717, 1.165) is 5.56 Å². The Morgan fingerprint density at radius 2 is 1.90 bits per heavy atom. The lowest BCUT2D eigenvalue weighted by atomic mass is 10.0. The lowest BCUT2D eigenvalue weighted by Gasteiger charge is -2.33. The molecule has 0 saturated heterocycles. The number of benzene rings is 1. The molecule has 0 saturated carbocycles. The van der Waals surface area contributed by atoms with Crippen LogP contribution in [0, 0.1) is 0 Å². The molecule has 1 heterocycles. The third kappa shape index (κ3) is 3.24. The Bertz CT molecular complexity index is 587. The number of ether oxygens (including phenoxy) is 1. The molecule has 21 heavy (non-hydrogen) atoms. The summed E-state index contributed by atoms with van der Waals surface area (Å²) in [6.45, 7) is 5.69. The number of carbonyl (C=O) groups excluding carboxylic acids is 2. The molecule has 0 aromatic heterocycles. The Balaban J connectivity index is 2.38. The topological polar surface area (TPSA) is 58.6 Å². The Morgan fingerprint density at radius 3 is 2.52 bits per heavy atom. The quantitative estimate of drug-likeness (QED) is 0.864. The fourth-order valence-corrected chi connectivity index (χ4v) is 2.24. The van der Waals surface area contributed by atoms with Crippen molar-refractivity contribution in [3.05, 3.63) is 35.9 Å². The van der Waals surface area contributed by atoms with Gasteiger partial charge in [-0.2, -0.15) is 0 Å². The van der Waals surface area contributed by atoms with Gasteiger partial charge in [-0.3, -0.25) is 9.69 Å². The van der Waals surface area contributed by atoms with Gasteiger partial charge in [-0.25, -0.2) is 4.79 Å². The van der Waals surface area contributed by atoms with Gasteiger partial charge < -0.3 is 10.1 Å². The summed E-state index contributed by atoms with van der Waals surface area (Å²) in [6.07, 6.45) is 3.00. The molecule has 1 aliphatic rings. The van der Waals surface area contributed by atoms with Crippen LogP contribution >= 0.6 is 0 Å². The van der Waals surface area contributed by atoms with E-state index in [9.17, 15) is 9.59 Å². The average Bonchev–Trinajstić information content (AvgIpc) is 2.43. The number of methoxy groups -OCH3 is 1. The molecule has 2 rings (SSSR count). The van der Waals surface area contributed by atoms with Gasteiger partial charge in [0.1, 0.15) is 6.04 Å². The minimum absolute atomic E-state index is 0.237. The molecular formula is C16H20N2O3. The van der Waals surface area contributed by atoms with E-state index < -0.39 is 12.1 Å². The molecule has 1 N–H and O–H groups in total. The number of hydrogen-bond acceptors (Lipinski definition) is 3. The number of amides is 2. The van der Waals surface area contributed by atoms with Crippen LogP contribution < -0.4 is 10.2 Å². The van der Waals surface area contributed by atoms with Crippen molar-refractivity contribution < 1.29 is 14.3 Å².